The van der Waals surface area contributed by atoms with Gasteiger partial charge in [0.25, 0.3) is 0 Å². The van der Waals surface area contributed by atoms with Crippen molar-refractivity contribution in [1.82, 2.24) is 15.6 Å². The lowest BCUT2D eigenvalue weighted by atomic mass is 9.90. The minimum absolute atomic E-state index is 0.0496. The molecule has 1 aliphatic rings. The van der Waals surface area contributed by atoms with Crippen molar-refractivity contribution in [3.8, 4) is 5.88 Å². The number of rotatable bonds is 5. The summed E-state index contributed by atoms with van der Waals surface area (Å²) in [7, 11) is 0. The molecule has 0 aromatic carbocycles. The maximum absolute atomic E-state index is 13.0. The molecule has 140 valence electrons. The van der Waals surface area contributed by atoms with Crippen LogP contribution in [0.5, 0.6) is 5.88 Å². The quantitative estimate of drug-likeness (QED) is 0.848. The van der Waals surface area contributed by atoms with E-state index < -0.39 is 23.0 Å². The fraction of sp³-hybridized carbons (Fsp3) is 0.647. The smallest absolute Gasteiger partial charge is 0.421 e. The van der Waals surface area contributed by atoms with E-state index in [2.05, 4.69) is 15.6 Å². The zero-order valence-electron chi connectivity index (χ0n) is 14.6. The normalized spacial score (nSPS) is 21.7. The summed E-state index contributed by atoms with van der Waals surface area (Å²) in [5.74, 6) is -0.455. The minimum atomic E-state index is -4.56. The van der Waals surface area contributed by atoms with Crippen molar-refractivity contribution in [2.24, 2.45) is 11.3 Å². The number of hydrogen-bond donors (Lipinski definition) is 2. The number of aromatic nitrogens is 1. The Hall–Kier alpha value is -1.83. The average Bonchev–Trinajstić information content (AvgIpc) is 2.54. The van der Waals surface area contributed by atoms with Gasteiger partial charge in [0.1, 0.15) is 12.2 Å². The van der Waals surface area contributed by atoms with E-state index in [1.807, 2.05) is 6.92 Å². The van der Waals surface area contributed by atoms with Gasteiger partial charge in [-0.15, -0.1) is 0 Å². The number of ether oxygens (including phenoxy) is 1. The first-order valence-electron chi connectivity index (χ1n) is 8.28. The molecule has 2 rings (SSSR count). The summed E-state index contributed by atoms with van der Waals surface area (Å²) in [6, 6.07) is 2.16. The van der Waals surface area contributed by atoms with Crippen LogP contribution in [-0.2, 0) is 11.0 Å². The van der Waals surface area contributed by atoms with Gasteiger partial charge in [0.15, 0.2) is 0 Å². The maximum atomic E-state index is 13.0. The standard InChI is InChI=1S/C17H24F3N3O2/c1-11-9-21-8-6-13(11)23-15(24)16(2,3)10-25-14-12(17(18,19)20)5-4-7-22-14/h4-5,7,11,13,21H,6,8-10H2,1-3H3,(H,23,24). The molecule has 0 radical (unpaired) electrons. The molecule has 2 N–H and O–H groups in total. The van der Waals surface area contributed by atoms with Gasteiger partial charge in [-0.2, -0.15) is 13.2 Å². The first-order valence-corrected chi connectivity index (χ1v) is 8.28. The number of halogens is 3. The van der Waals surface area contributed by atoms with Crippen LogP contribution in [-0.4, -0.2) is 36.6 Å². The number of amides is 1. The van der Waals surface area contributed by atoms with Crippen LogP contribution in [0.1, 0.15) is 32.8 Å². The van der Waals surface area contributed by atoms with E-state index in [1.165, 1.54) is 12.3 Å². The Morgan fingerprint density at radius 1 is 1.44 bits per heavy atom. The molecule has 2 atom stereocenters. The van der Waals surface area contributed by atoms with Crippen molar-refractivity contribution in [3.05, 3.63) is 23.9 Å². The summed E-state index contributed by atoms with van der Waals surface area (Å²) in [6.45, 7) is 6.79. The lowest BCUT2D eigenvalue weighted by molar-refractivity contribution is -0.139. The van der Waals surface area contributed by atoms with E-state index in [4.69, 9.17) is 4.74 Å². The van der Waals surface area contributed by atoms with E-state index in [9.17, 15) is 18.0 Å². The highest BCUT2D eigenvalue weighted by atomic mass is 19.4. The summed E-state index contributed by atoms with van der Waals surface area (Å²) in [6.07, 6.45) is -2.50. The zero-order chi connectivity index (χ0) is 18.7. The van der Waals surface area contributed by atoms with Crippen LogP contribution < -0.4 is 15.4 Å². The molecule has 0 spiro atoms. The number of hydrogen-bond acceptors (Lipinski definition) is 4. The molecule has 1 amide bonds. The highest BCUT2D eigenvalue weighted by Gasteiger charge is 2.37. The van der Waals surface area contributed by atoms with Gasteiger partial charge in [-0.25, -0.2) is 4.98 Å². The molecule has 2 unspecified atom stereocenters. The summed E-state index contributed by atoms with van der Waals surface area (Å²) < 4.78 is 44.2. The third-order valence-electron chi connectivity index (χ3n) is 4.36. The highest BCUT2D eigenvalue weighted by molar-refractivity contribution is 5.82. The third kappa shape index (κ3) is 5.07. The average molecular weight is 359 g/mol. The second-order valence-corrected chi connectivity index (χ2v) is 7.08. The van der Waals surface area contributed by atoms with Gasteiger partial charge in [-0.05, 0) is 51.4 Å². The molecule has 0 aliphatic carbocycles. The number of pyridine rings is 1. The Morgan fingerprint density at radius 2 is 2.16 bits per heavy atom. The number of carbonyl (C=O) groups is 1. The predicted molar refractivity (Wildman–Crippen MR) is 87.1 cm³/mol. The molecule has 0 saturated carbocycles. The number of nitrogens with one attached hydrogen (secondary N) is 2. The summed E-state index contributed by atoms with van der Waals surface area (Å²) in [5, 5.41) is 6.24. The molecule has 2 heterocycles. The number of carbonyl (C=O) groups excluding carboxylic acids is 1. The predicted octanol–water partition coefficient (Wildman–Crippen LogP) is 2.62. The van der Waals surface area contributed by atoms with Gasteiger partial charge in [-0.3, -0.25) is 4.79 Å². The van der Waals surface area contributed by atoms with Crippen LogP contribution in [0, 0.1) is 11.3 Å². The fourth-order valence-corrected chi connectivity index (χ4v) is 2.63. The molecule has 0 bridgehead atoms. The van der Waals surface area contributed by atoms with Crippen molar-refractivity contribution in [3.63, 3.8) is 0 Å². The Kier molecular flexibility index (Phi) is 5.92. The van der Waals surface area contributed by atoms with E-state index in [-0.39, 0.29) is 18.6 Å². The minimum Gasteiger partial charge on any atom is -0.476 e. The molecule has 1 aromatic heterocycles. The molecule has 5 nitrogen and oxygen atoms in total. The lowest BCUT2D eigenvalue weighted by Gasteiger charge is -2.33. The maximum Gasteiger partial charge on any atom is 0.421 e. The number of alkyl halides is 3. The first-order chi connectivity index (χ1) is 11.6. The SMILES string of the molecule is CC1CNCCC1NC(=O)C(C)(C)COc1ncccc1C(F)(F)F. The van der Waals surface area contributed by atoms with Gasteiger partial charge in [0.2, 0.25) is 11.8 Å². The lowest BCUT2D eigenvalue weighted by Crippen LogP contribution is -2.52. The zero-order valence-corrected chi connectivity index (χ0v) is 14.6. The van der Waals surface area contributed by atoms with Crippen molar-refractivity contribution in [2.75, 3.05) is 19.7 Å². The van der Waals surface area contributed by atoms with Crippen LogP contribution in [0.15, 0.2) is 18.3 Å². The van der Waals surface area contributed by atoms with Crippen molar-refractivity contribution in [2.45, 2.75) is 39.4 Å². The van der Waals surface area contributed by atoms with Crippen LogP contribution >= 0.6 is 0 Å². The molecule has 1 saturated heterocycles. The topological polar surface area (TPSA) is 63.2 Å². The summed E-state index contributed by atoms with van der Waals surface area (Å²) in [5.41, 5.74) is -1.93. The Balaban J connectivity index is 2.00. The largest absolute Gasteiger partial charge is 0.476 e. The second-order valence-electron chi connectivity index (χ2n) is 7.08. The van der Waals surface area contributed by atoms with E-state index >= 15 is 0 Å². The summed E-state index contributed by atoms with van der Waals surface area (Å²) >= 11 is 0. The second kappa shape index (κ2) is 7.59. The van der Waals surface area contributed by atoms with Crippen LogP contribution in [0.2, 0.25) is 0 Å². The molecule has 25 heavy (non-hydrogen) atoms. The highest BCUT2D eigenvalue weighted by Crippen LogP contribution is 2.35. The molecule has 1 aliphatic heterocycles. The number of nitrogens with zero attached hydrogens (tertiary/aromatic N) is 1. The molecular weight excluding hydrogens is 335 g/mol. The van der Waals surface area contributed by atoms with Crippen LogP contribution in [0.25, 0.3) is 0 Å². The Morgan fingerprint density at radius 3 is 2.80 bits per heavy atom. The van der Waals surface area contributed by atoms with Gasteiger partial charge >= 0.3 is 6.18 Å². The third-order valence-corrected chi connectivity index (χ3v) is 4.36. The van der Waals surface area contributed by atoms with Crippen molar-refractivity contribution in [1.29, 1.82) is 0 Å². The van der Waals surface area contributed by atoms with Crippen LogP contribution in [0.3, 0.4) is 0 Å². The van der Waals surface area contributed by atoms with Gasteiger partial charge in [-0.1, -0.05) is 6.92 Å². The van der Waals surface area contributed by atoms with E-state index in [1.54, 1.807) is 13.8 Å². The fourth-order valence-electron chi connectivity index (χ4n) is 2.63. The van der Waals surface area contributed by atoms with Gasteiger partial charge < -0.3 is 15.4 Å². The van der Waals surface area contributed by atoms with Gasteiger partial charge in [0, 0.05) is 12.2 Å². The van der Waals surface area contributed by atoms with Gasteiger partial charge in [0.05, 0.1) is 5.41 Å². The molecule has 1 fully saturated rings. The van der Waals surface area contributed by atoms with E-state index in [0.29, 0.717) is 5.92 Å². The molecule has 1 aromatic rings. The molecule has 8 heteroatoms. The number of piperidine rings is 1. The summed E-state index contributed by atoms with van der Waals surface area (Å²) in [4.78, 5) is 16.2. The first kappa shape index (κ1) is 19.5. The van der Waals surface area contributed by atoms with Crippen molar-refractivity contribution >= 4 is 5.91 Å². The monoisotopic (exact) mass is 359 g/mol. The van der Waals surface area contributed by atoms with Crippen LogP contribution in [0.4, 0.5) is 13.2 Å². The molecular formula is C17H24F3N3O2. The van der Waals surface area contributed by atoms with Crippen molar-refractivity contribution < 1.29 is 22.7 Å². The Bertz CT molecular complexity index is 605. The Labute approximate surface area is 145 Å². The van der Waals surface area contributed by atoms with E-state index in [0.717, 1.165) is 25.6 Å².